The van der Waals surface area contributed by atoms with Crippen molar-refractivity contribution in [2.45, 2.75) is 46.0 Å². The lowest BCUT2D eigenvalue weighted by atomic mass is 10.1. The van der Waals surface area contributed by atoms with Gasteiger partial charge in [0, 0.05) is 42.5 Å². The topological polar surface area (TPSA) is 49.3 Å². The molecule has 5 nitrogen and oxygen atoms in total. The van der Waals surface area contributed by atoms with E-state index >= 15 is 0 Å². The van der Waals surface area contributed by atoms with Gasteiger partial charge in [0.25, 0.3) is 5.91 Å². The number of nitrogens with zero attached hydrogens (tertiary/aromatic N) is 4. The number of hydrogen-bond acceptors (Lipinski definition) is 5. The highest BCUT2D eigenvalue weighted by molar-refractivity contribution is 7.18. The fraction of sp³-hybridized carbons (Fsp3) is 0.458. The number of anilines is 1. The summed E-state index contributed by atoms with van der Waals surface area (Å²) >= 11 is 1.78. The summed E-state index contributed by atoms with van der Waals surface area (Å²) in [6.45, 7) is 9.54. The molecule has 0 N–H and O–H groups in total. The number of aromatic nitrogens is 2. The average molecular weight is 421 g/mol. The molecule has 2 aromatic heterocycles. The van der Waals surface area contributed by atoms with Crippen LogP contribution in [0.1, 0.15) is 57.9 Å². The van der Waals surface area contributed by atoms with Gasteiger partial charge in [0.1, 0.15) is 16.5 Å². The summed E-state index contributed by atoms with van der Waals surface area (Å²) < 4.78 is 0. The zero-order chi connectivity index (χ0) is 20.8. The number of thiophene rings is 1. The van der Waals surface area contributed by atoms with Gasteiger partial charge in [0.2, 0.25) is 0 Å². The summed E-state index contributed by atoms with van der Waals surface area (Å²) in [5.74, 6) is 2.74. The summed E-state index contributed by atoms with van der Waals surface area (Å²) in [7, 11) is 0. The van der Waals surface area contributed by atoms with Crippen LogP contribution in [0.5, 0.6) is 0 Å². The van der Waals surface area contributed by atoms with Crippen molar-refractivity contribution in [2.24, 2.45) is 0 Å². The van der Waals surface area contributed by atoms with Gasteiger partial charge in [-0.05, 0) is 56.4 Å². The van der Waals surface area contributed by atoms with Crippen molar-refractivity contribution in [3.63, 3.8) is 0 Å². The van der Waals surface area contributed by atoms with Crippen molar-refractivity contribution in [1.29, 1.82) is 0 Å². The molecule has 2 aliphatic rings. The highest BCUT2D eigenvalue weighted by atomic mass is 32.1. The summed E-state index contributed by atoms with van der Waals surface area (Å²) in [5.41, 5.74) is 3.34. The first kappa shape index (κ1) is 19.5. The molecule has 1 aliphatic heterocycles. The van der Waals surface area contributed by atoms with E-state index in [1.165, 1.54) is 34.2 Å². The van der Waals surface area contributed by atoms with E-state index in [2.05, 4.69) is 37.8 Å². The standard InChI is InChI=1S/C24H28N4OS/c1-4-17-5-7-19(8-6-17)24(29)28-13-11-27(12-14-28)22-20-15(2)16(3)30-23(20)26-21(25-22)18-9-10-18/h5-8,18H,4,9-14H2,1-3H3. The SMILES string of the molecule is CCc1ccc(C(=O)N2CCN(c3nc(C4CC4)nc4sc(C)c(C)c34)CC2)cc1. The Hall–Kier alpha value is -2.47. The summed E-state index contributed by atoms with van der Waals surface area (Å²) in [6, 6.07) is 8.03. The second-order valence-corrected chi connectivity index (χ2v) is 9.68. The smallest absolute Gasteiger partial charge is 0.253 e. The van der Waals surface area contributed by atoms with E-state index < -0.39 is 0 Å². The van der Waals surface area contributed by atoms with Gasteiger partial charge in [0.15, 0.2) is 0 Å². The van der Waals surface area contributed by atoms with Gasteiger partial charge in [-0.2, -0.15) is 0 Å². The van der Waals surface area contributed by atoms with Crippen LogP contribution in [-0.2, 0) is 6.42 Å². The minimum Gasteiger partial charge on any atom is -0.352 e. The molecule has 0 radical (unpaired) electrons. The minimum atomic E-state index is 0.131. The normalized spacial score (nSPS) is 17.0. The van der Waals surface area contributed by atoms with Crippen molar-refractivity contribution in [1.82, 2.24) is 14.9 Å². The highest BCUT2D eigenvalue weighted by Gasteiger charge is 2.31. The molecular weight excluding hydrogens is 392 g/mol. The van der Waals surface area contributed by atoms with Crippen molar-refractivity contribution in [3.8, 4) is 0 Å². The molecule has 1 amide bonds. The number of aryl methyl sites for hydroxylation is 3. The number of hydrogen-bond donors (Lipinski definition) is 0. The molecule has 0 unspecified atom stereocenters. The molecule has 3 heterocycles. The first-order chi connectivity index (χ1) is 14.5. The Morgan fingerprint density at radius 2 is 1.77 bits per heavy atom. The second kappa shape index (κ2) is 7.65. The molecule has 30 heavy (non-hydrogen) atoms. The number of fused-ring (bicyclic) bond motifs is 1. The maximum Gasteiger partial charge on any atom is 0.253 e. The Balaban J connectivity index is 1.37. The number of carbonyl (C=O) groups is 1. The fourth-order valence-corrected chi connectivity index (χ4v) is 5.22. The zero-order valence-electron chi connectivity index (χ0n) is 17.9. The number of rotatable bonds is 4. The fourth-order valence-electron chi connectivity index (χ4n) is 4.18. The van der Waals surface area contributed by atoms with Crippen molar-refractivity contribution < 1.29 is 4.79 Å². The predicted octanol–water partition coefficient (Wildman–Crippen LogP) is 4.71. The van der Waals surface area contributed by atoms with Crippen LogP contribution in [0, 0.1) is 13.8 Å². The van der Waals surface area contributed by atoms with Gasteiger partial charge >= 0.3 is 0 Å². The summed E-state index contributed by atoms with van der Waals surface area (Å²) in [5, 5.41) is 1.21. The van der Waals surface area contributed by atoms with Gasteiger partial charge in [0.05, 0.1) is 5.39 Å². The molecule has 0 bridgehead atoms. The van der Waals surface area contributed by atoms with E-state index in [-0.39, 0.29) is 5.91 Å². The first-order valence-corrected chi connectivity index (χ1v) is 11.8. The van der Waals surface area contributed by atoms with Crippen LogP contribution < -0.4 is 4.90 Å². The van der Waals surface area contributed by atoms with Crippen molar-refractivity contribution in [3.05, 3.63) is 51.7 Å². The lowest BCUT2D eigenvalue weighted by molar-refractivity contribution is 0.0746. The predicted molar refractivity (Wildman–Crippen MR) is 123 cm³/mol. The van der Waals surface area contributed by atoms with Gasteiger partial charge in [-0.3, -0.25) is 4.79 Å². The number of piperazine rings is 1. The highest BCUT2D eigenvalue weighted by Crippen LogP contribution is 2.42. The Kier molecular flexibility index (Phi) is 4.97. The Morgan fingerprint density at radius 3 is 2.40 bits per heavy atom. The average Bonchev–Trinajstić information content (AvgIpc) is 3.59. The Bertz CT molecular complexity index is 1090. The monoisotopic (exact) mass is 420 g/mol. The number of amides is 1. The first-order valence-electron chi connectivity index (χ1n) is 11.0. The third-order valence-corrected chi connectivity index (χ3v) is 7.55. The van der Waals surface area contributed by atoms with Crippen molar-refractivity contribution >= 4 is 33.3 Å². The molecule has 2 fully saturated rings. The molecule has 1 saturated heterocycles. The van der Waals surface area contributed by atoms with Gasteiger partial charge in [-0.25, -0.2) is 9.97 Å². The van der Waals surface area contributed by atoms with Crippen LogP contribution in [0.2, 0.25) is 0 Å². The molecular formula is C24H28N4OS. The van der Waals surface area contributed by atoms with Crippen molar-refractivity contribution in [2.75, 3.05) is 31.1 Å². The van der Waals surface area contributed by atoms with E-state index in [0.29, 0.717) is 5.92 Å². The molecule has 1 aromatic carbocycles. The van der Waals surface area contributed by atoms with E-state index in [4.69, 9.17) is 9.97 Å². The molecule has 6 heteroatoms. The molecule has 3 aromatic rings. The van der Waals surface area contributed by atoms with Crippen LogP contribution in [0.15, 0.2) is 24.3 Å². The van der Waals surface area contributed by atoms with Crippen LogP contribution in [0.4, 0.5) is 5.82 Å². The van der Waals surface area contributed by atoms with E-state index in [1.807, 2.05) is 17.0 Å². The van der Waals surface area contributed by atoms with Crippen LogP contribution in [0.25, 0.3) is 10.2 Å². The van der Waals surface area contributed by atoms with E-state index in [0.717, 1.165) is 54.6 Å². The Labute approximate surface area is 181 Å². The Morgan fingerprint density at radius 1 is 1.07 bits per heavy atom. The molecule has 1 aliphatic carbocycles. The number of benzene rings is 1. The third kappa shape index (κ3) is 3.47. The molecule has 0 spiro atoms. The van der Waals surface area contributed by atoms with Gasteiger partial charge in [-0.1, -0.05) is 19.1 Å². The minimum absolute atomic E-state index is 0.131. The maximum atomic E-state index is 12.9. The second-order valence-electron chi connectivity index (χ2n) is 8.47. The molecule has 1 saturated carbocycles. The van der Waals surface area contributed by atoms with Crippen LogP contribution in [0.3, 0.4) is 0 Å². The van der Waals surface area contributed by atoms with Crippen LogP contribution in [-0.4, -0.2) is 47.0 Å². The lowest BCUT2D eigenvalue weighted by Gasteiger charge is -2.36. The maximum absolute atomic E-state index is 12.9. The zero-order valence-corrected chi connectivity index (χ0v) is 18.8. The number of carbonyl (C=O) groups excluding carboxylic acids is 1. The molecule has 5 rings (SSSR count). The van der Waals surface area contributed by atoms with Crippen LogP contribution >= 0.6 is 11.3 Å². The summed E-state index contributed by atoms with van der Waals surface area (Å²) in [4.78, 5) is 29.6. The quantitative estimate of drug-likeness (QED) is 0.613. The third-order valence-electron chi connectivity index (χ3n) is 6.44. The molecule has 0 atom stereocenters. The van der Waals surface area contributed by atoms with E-state index in [9.17, 15) is 4.79 Å². The lowest BCUT2D eigenvalue weighted by Crippen LogP contribution is -2.49. The van der Waals surface area contributed by atoms with Gasteiger partial charge < -0.3 is 9.80 Å². The van der Waals surface area contributed by atoms with Gasteiger partial charge in [-0.15, -0.1) is 11.3 Å². The van der Waals surface area contributed by atoms with E-state index in [1.54, 1.807) is 11.3 Å². The summed E-state index contributed by atoms with van der Waals surface area (Å²) in [6.07, 6.45) is 3.39. The molecule has 156 valence electrons. The largest absolute Gasteiger partial charge is 0.352 e.